The molecule has 0 unspecified atom stereocenters. The van der Waals surface area contributed by atoms with Crippen LogP contribution in [0.15, 0.2) is 47.6 Å². The van der Waals surface area contributed by atoms with Crippen LogP contribution in [0.3, 0.4) is 0 Å². The van der Waals surface area contributed by atoms with Crippen LogP contribution in [0.5, 0.6) is 17.2 Å². The average molecular weight is 371 g/mol. The number of hydrogen-bond donors (Lipinski definition) is 0. The minimum absolute atomic E-state index is 0.667. The van der Waals surface area contributed by atoms with Gasteiger partial charge in [-0.05, 0) is 35.9 Å². The van der Waals surface area contributed by atoms with Gasteiger partial charge in [-0.3, -0.25) is 0 Å². The summed E-state index contributed by atoms with van der Waals surface area (Å²) in [4.78, 5) is 0. The lowest BCUT2D eigenvalue weighted by molar-refractivity contribution is 0.355. The molecule has 0 saturated heterocycles. The van der Waals surface area contributed by atoms with Gasteiger partial charge in [0, 0.05) is 18.4 Å². The fraction of sp³-hybridized carbons (Fsp3) is 0.263. The monoisotopic (exact) mass is 371 g/mol. The van der Waals surface area contributed by atoms with Gasteiger partial charge in [-0.1, -0.05) is 23.9 Å². The molecule has 3 rings (SSSR count). The van der Waals surface area contributed by atoms with Crippen molar-refractivity contribution < 1.29 is 14.2 Å². The minimum atomic E-state index is 0.667. The smallest absolute Gasteiger partial charge is 0.191 e. The van der Waals surface area contributed by atoms with Crippen LogP contribution in [-0.4, -0.2) is 36.1 Å². The molecule has 0 aliphatic heterocycles. The molecule has 6 nitrogen and oxygen atoms in total. The fourth-order valence-electron chi connectivity index (χ4n) is 2.54. The first-order valence-electron chi connectivity index (χ1n) is 8.03. The summed E-state index contributed by atoms with van der Waals surface area (Å²) in [5, 5.41) is 9.50. The molecule has 0 bridgehead atoms. The molecule has 136 valence electrons. The van der Waals surface area contributed by atoms with Crippen molar-refractivity contribution in [2.24, 2.45) is 7.05 Å². The van der Waals surface area contributed by atoms with E-state index in [-0.39, 0.29) is 0 Å². The summed E-state index contributed by atoms with van der Waals surface area (Å²) in [5.41, 5.74) is 2.13. The Kier molecular flexibility index (Phi) is 5.68. The molecule has 0 spiro atoms. The maximum Gasteiger partial charge on any atom is 0.191 e. The first-order chi connectivity index (χ1) is 12.7. The highest BCUT2D eigenvalue weighted by atomic mass is 32.2. The molecule has 3 aromatic rings. The Hall–Kier alpha value is -2.67. The summed E-state index contributed by atoms with van der Waals surface area (Å²) in [5.74, 6) is 3.80. The molecule has 0 atom stereocenters. The summed E-state index contributed by atoms with van der Waals surface area (Å²) in [6, 6.07) is 13.7. The zero-order valence-electron chi connectivity index (χ0n) is 15.2. The van der Waals surface area contributed by atoms with E-state index in [0.717, 1.165) is 28.0 Å². The Balaban J connectivity index is 1.77. The Morgan fingerprint density at radius 2 is 1.62 bits per heavy atom. The van der Waals surface area contributed by atoms with Gasteiger partial charge in [0.25, 0.3) is 0 Å². The maximum atomic E-state index is 5.37. The van der Waals surface area contributed by atoms with Crippen LogP contribution in [0.25, 0.3) is 11.4 Å². The molecule has 0 fully saturated rings. The lowest BCUT2D eigenvalue weighted by Gasteiger charge is -2.09. The van der Waals surface area contributed by atoms with E-state index in [2.05, 4.69) is 22.3 Å². The van der Waals surface area contributed by atoms with Crippen LogP contribution in [0, 0.1) is 0 Å². The molecule has 0 aliphatic rings. The molecule has 2 aromatic carbocycles. The fourth-order valence-corrected chi connectivity index (χ4v) is 3.40. The summed E-state index contributed by atoms with van der Waals surface area (Å²) in [6.45, 7) is 0. The normalized spacial score (nSPS) is 10.6. The van der Waals surface area contributed by atoms with Gasteiger partial charge < -0.3 is 18.8 Å². The number of ether oxygens (including phenoxy) is 3. The van der Waals surface area contributed by atoms with E-state index >= 15 is 0 Å². The van der Waals surface area contributed by atoms with Crippen LogP contribution in [-0.2, 0) is 12.8 Å². The van der Waals surface area contributed by atoms with Gasteiger partial charge in [0.15, 0.2) is 22.5 Å². The molecule has 7 heteroatoms. The number of benzene rings is 2. The van der Waals surface area contributed by atoms with Gasteiger partial charge in [0.1, 0.15) is 5.75 Å². The lowest BCUT2D eigenvalue weighted by Crippen LogP contribution is -1.96. The van der Waals surface area contributed by atoms with Crippen molar-refractivity contribution in [3.63, 3.8) is 0 Å². The van der Waals surface area contributed by atoms with Crippen molar-refractivity contribution in [2.75, 3.05) is 21.3 Å². The predicted octanol–water partition coefficient (Wildman–Crippen LogP) is 3.80. The number of hydrogen-bond acceptors (Lipinski definition) is 6. The SMILES string of the molecule is COc1ccc(CSc2nnc(-c3ccc(OC)c(OC)c3)n2C)cc1. The Morgan fingerprint density at radius 3 is 2.27 bits per heavy atom. The number of rotatable bonds is 7. The Morgan fingerprint density at radius 1 is 0.885 bits per heavy atom. The second-order valence-corrected chi connectivity index (χ2v) is 6.51. The van der Waals surface area contributed by atoms with Gasteiger partial charge in [-0.2, -0.15) is 0 Å². The van der Waals surface area contributed by atoms with E-state index in [1.165, 1.54) is 5.56 Å². The third-order valence-electron chi connectivity index (χ3n) is 4.00. The molecule has 0 saturated carbocycles. The Labute approximate surface area is 157 Å². The summed E-state index contributed by atoms with van der Waals surface area (Å²) in [7, 11) is 6.86. The van der Waals surface area contributed by atoms with Crippen molar-refractivity contribution in [1.29, 1.82) is 0 Å². The van der Waals surface area contributed by atoms with E-state index in [9.17, 15) is 0 Å². The third kappa shape index (κ3) is 3.77. The summed E-state index contributed by atoms with van der Waals surface area (Å²) in [6.07, 6.45) is 0. The van der Waals surface area contributed by atoms with Gasteiger partial charge in [-0.25, -0.2) is 0 Å². The van der Waals surface area contributed by atoms with E-state index in [4.69, 9.17) is 14.2 Å². The van der Waals surface area contributed by atoms with E-state index in [0.29, 0.717) is 11.5 Å². The predicted molar refractivity (Wildman–Crippen MR) is 102 cm³/mol. The molecule has 0 N–H and O–H groups in total. The molecule has 0 amide bonds. The second-order valence-electron chi connectivity index (χ2n) is 5.57. The quantitative estimate of drug-likeness (QED) is 0.589. The third-order valence-corrected chi connectivity index (χ3v) is 5.10. The van der Waals surface area contributed by atoms with Crippen molar-refractivity contribution >= 4 is 11.8 Å². The molecule has 26 heavy (non-hydrogen) atoms. The minimum Gasteiger partial charge on any atom is -0.497 e. The highest BCUT2D eigenvalue weighted by molar-refractivity contribution is 7.98. The van der Waals surface area contributed by atoms with Crippen molar-refractivity contribution in [1.82, 2.24) is 14.8 Å². The van der Waals surface area contributed by atoms with E-state index < -0.39 is 0 Å². The zero-order valence-corrected chi connectivity index (χ0v) is 16.0. The maximum absolute atomic E-state index is 5.37. The molecular formula is C19H21N3O3S. The first-order valence-corrected chi connectivity index (χ1v) is 9.02. The van der Waals surface area contributed by atoms with Crippen LogP contribution >= 0.6 is 11.8 Å². The molecular weight excluding hydrogens is 350 g/mol. The number of aromatic nitrogens is 3. The topological polar surface area (TPSA) is 58.4 Å². The largest absolute Gasteiger partial charge is 0.497 e. The number of thioether (sulfide) groups is 1. The van der Waals surface area contributed by atoms with E-state index in [1.807, 2.05) is 41.9 Å². The first kappa shape index (κ1) is 18.1. The second kappa shape index (κ2) is 8.14. The molecule has 1 aromatic heterocycles. The van der Waals surface area contributed by atoms with Gasteiger partial charge in [0.05, 0.1) is 21.3 Å². The van der Waals surface area contributed by atoms with Crippen LogP contribution in [0.2, 0.25) is 0 Å². The van der Waals surface area contributed by atoms with Crippen molar-refractivity contribution in [3.8, 4) is 28.6 Å². The van der Waals surface area contributed by atoms with Gasteiger partial charge in [0.2, 0.25) is 0 Å². The number of nitrogens with zero attached hydrogens (tertiary/aromatic N) is 3. The lowest BCUT2D eigenvalue weighted by atomic mass is 10.2. The van der Waals surface area contributed by atoms with Crippen molar-refractivity contribution in [2.45, 2.75) is 10.9 Å². The van der Waals surface area contributed by atoms with E-state index in [1.54, 1.807) is 33.1 Å². The number of methoxy groups -OCH3 is 3. The van der Waals surface area contributed by atoms with Crippen LogP contribution in [0.4, 0.5) is 0 Å². The highest BCUT2D eigenvalue weighted by Gasteiger charge is 2.14. The summed E-state index contributed by atoms with van der Waals surface area (Å²) < 4.78 is 17.8. The van der Waals surface area contributed by atoms with Gasteiger partial charge >= 0.3 is 0 Å². The summed E-state index contributed by atoms with van der Waals surface area (Å²) >= 11 is 1.64. The van der Waals surface area contributed by atoms with Crippen LogP contribution < -0.4 is 14.2 Å². The molecule has 0 aliphatic carbocycles. The Bertz CT molecular complexity index is 878. The zero-order chi connectivity index (χ0) is 18.5. The highest BCUT2D eigenvalue weighted by Crippen LogP contribution is 2.32. The standard InChI is InChI=1S/C19H21N3O3S/c1-22-18(14-7-10-16(24-3)17(11-14)25-4)20-21-19(22)26-12-13-5-8-15(23-2)9-6-13/h5-11H,12H2,1-4H3. The van der Waals surface area contributed by atoms with Crippen molar-refractivity contribution in [3.05, 3.63) is 48.0 Å². The molecule has 0 radical (unpaired) electrons. The van der Waals surface area contributed by atoms with Gasteiger partial charge in [-0.15, -0.1) is 10.2 Å². The molecule has 1 heterocycles. The average Bonchev–Trinajstić information content (AvgIpc) is 3.06. The van der Waals surface area contributed by atoms with Crippen LogP contribution in [0.1, 0.15) is 5.56 Å².